The van der Waals surface area contributed by atoms with Crippen LogP contribution in [-0.4, -0.2) is 19.5 Å². The Kier molecular flexibility index (Phi) is 4.34. The molecule has 1 aromatic carbocycles. The van der Waals surface area contributed by atoms with Gasteiger partial charge in [-0.3, -0.25) is 4.79 Å². The minimum absolute atomic E-state index is 0.00539. The highest BCUT2D eigenvalue weighted by Gasteiger charge is 2.05. The Hall–Kier alpha value is -2.02. The summed E-state index contributed by atoms with van der Waals surface area (Å²) >= 11 is 0. The third kappa shape index (κ3) is 3.28. The number of hydrogen-bond acceptors (Lipinski definition) is 3. The number of carbonyl (C=O) groups excluding carboxylic acids is 1. The highest BCUT2D eigenvalue weighted by Crippen LogP contribution is 2.18. The van der Waals surface area contributed by atoms with Crippen molar-refractivity contribution in [1.29, 1.82) is 5.26 Å². The van der Waals surface area contributed by atoms with E-state index in [9.17, 15) is 4.79 Å². The van der Waals surface area contributed by atoms with Crippen molar-refractivity contribution in [2.75, 3.05) is 23.8 Å². The lowest BCUT2D eigenvalue weighted by atomic mass is 10.2. The largest absolute Gasteiger partial charge is 0.384 e. The molecule has 0 saturated heterocycles. The summed E-state index contributed by atoms with van der Waals surface area (Å²) in [6.45, 7) is 2.14. The molecule has 0 radical (unpaired) electrons. The van der Waals surface area contributed by atoms with Gasteiger partial charge in [-0.15, -0.1) is 0 Å². The van der Waals surface area contributed by atoms with Crippen LogP contribution in [0, 0.1) is 11.3 Å². The van der Waals surface area contributed by atoms with Crippen molar-refractivity contribution in [3.05, 3.63) is 24.3 Å². The Bertz CT molecular complexity index is 409. The van der Waals surface area contributed by atoms with Crippen LogP contribution in [0.25, 0.3) is 0 Å². The molecule has 1 rings (SSSR count). The van der Waals surface area contributed by atoms with Gasteiger partial charge >= 0.3 is 0 Å². The standard InChI is InChI=1S/C12H15N3O/c1-10(16)15(2)12-6-3-5-11(9-12)14-8-4-7-13/h3,5-6,9,14H,4,8H2,1-2H3. The van der Waals surface area contributed by atoms with Gasteiger partial charge in [-0.2, -0.15) is 5.26 Å². The summed E-state index contributed by atoms with van der Waals surface area (Å²) in [6, 6.07) is 9.62. The molecule has 4 heteroatoms. The van der Waals surface area contributed by atoms with Crippen LogP contribution < -0.4 is 10.2 Å². The molecule has 1 N–H and O–H groups in total. The van der Waals surface area contributed by atoms with Crippen molar-refractivity contribution < 1.29 is 4.79 Å². The van der Waals surface area contributed by atoms with E-state index < -0.39 is 0 Å². The fourth-order valence-corrected chi connectivity index (χ4v) is 1.27. The van der Waals surface area contributed by atoms with Gasteiger partial charge in [0.2, 0.25) is 5.91 Å². The summed E-state index contributed by atoms with van der Waals surface area (Å²) in [4.78, 5) is 12.8. The molecule has 0 spiro atoms. The molecular formula is C12H15N3O. The minimum Gasteiger partial charge on any atom is -0.384 e. The second-order valence-electron chi connectivity index (χ2n) is 3.46. The van der Waals surface area contributed by atoms with E-state index in [1.807, 2.05) is 24.3 Å². The lowest BCUT2D eigenvalue weighted by molar-refractivity contribution is -0.116. The second kappa shape index (κ2) is 5.76. The summed E-state index contributed by atoms with van der Waals surface area (Å²) in [6.07, 6.45) is 0.465. The molecule has 0 atom stereocenters. The van der Waals surface area contributed by atoms with Gasteiger partial charge in [0.1, 0.15) is 0 Å². The maximum atomic E-state index is 11.2. The lowest BCUT2D eigenvalue weighted by Crippen LogP contribution is -2.22. The molecular weight excluding hydrogens is 202 g/mol. The molecule has 0 unspecified atom stereocenters. The summed E-state index contributed by atoms with van der Waals surface area (Å²) < 4.78 is 0. The van der Waals surface area contributed by atoms with Gasteiger partial charge in [0.15, 0.2) is 0 Å². The first-order valence-electron chi connectivity index (χ1n) is 5.10. The van der Waals surface area contributed by atoms with Crippen molar-refractivity contribution in [3.8, 4) is 6.07 Å². The zero-order valence-electron chi connectivity index (χ0n) is 9.53. The molecule has 1 amide bonds. The summed E-state index contributed by atoms with van der Waals surface area (Å²) in [5.41, 5.74) is 1.76. The maximum Gasteiger partial charge on any atom is 0.223 e. The Morgan fingerprint density at radius 2 is 2.31 bits per heavy atom. The van der Waals surface area contributed by atoms with Crippen LogP contribution in [0.2, 0.25) is 0 Å². The molecule has 0 bridgehead atoms. The topological polar surface area (TPSA) is 56.1 Å². The summed E-state index contributed by atoms with van der Waals surface area (Å²) in [7, 11) is 1.73. The Balaban J connectivity index is 2.71. The summed E-state index contributed by atoms with van der Waals surface area (Å²) in [5, 5.41) is 11.5. The Morgan fingerprint density at radius 3 is 2.94 bits per heavy atom. The van der Waals surface area contributed by atoms with Gasteiger partial charge in [0, 0.05) is 31.9 Å². The number of nitrogens with one attached hydrogen (secondary N) is 1. The van der Waals surface area contributed by atoms with Gasteiger partial charge in [0.25, 0.3) is 0 Å². The zero-order valence-corrected chi connectivity index (χ0v) is 9.53. The number of hydrogen-bond donors (Lipinski definition) is 1. The van der Waals surface area contributed by atoms with Crippen molar-refractivity contribution in [2.24, 2.45) is 0 Å². The highest BCUT2D eigenvalue weighted by molar-refractivity contribution is 5.91. The van der Waals surface area contributed by atoms with Crippen LogP contribution >= 0.6 is 0 Å². The molecule has 4 nitrogen and oxygen atoms in total. The fourth-order valence-electron chi connectivity index (χ4n) is 1.27. The molecule has 0 fully saturated rings. The zero-order chi connectivity index (χ0) is 12.0. The molecule has 0 aromatic heterocycles. The van der Waals surface area contributed by atoms with Gasteiger partial charge in [0.05, 0.1) is 12.5 Å². The van der Waals surface area contributed by atoms with Crippen LogP contribution in [0.15, 0.2) is 24.3 Å². The SMILES string of the molecule is CC(=O)N(C)c1cccc(NCCC#N)c1. The van der Waals surface area contributed by atoms with E-state index in [4.69, 9.17) is 5.26 Å². The number of carbonyl (C=O) groups is 1. The number of anilines is 2. The molecule has 0 aliphatic carbocycles. The van der Waals surface area contributed by atoms with E-state index in [1.54, 1.807) is 11.9 Å². The first-order valence-corrected chi connectivity index (χ1v) is 5.10. The van der Waals surface area contributed by atoms with Crippen LogP contribution in [0.3, 0.4) is 0 Å². The maximum absolute atomic E-state index is 11.2. The number of nitrogens with zero attached hydrogens (tertiary/aromatic N) is 2. The fraction of sp³-hybridized carbons (Fsp3) is 0.333. The van der Waals surface area contributed by atoms with E-state index in [0.717, 1.165) is 11.4 Å². The van der Waals surface area contributed by atoms with Crippen LogP contribution in [0.5, 0.6) is 0 Å². The quantitative estimate of drug-likeness (QED) is 0.785. The number of amides is 1. The molecule has 84 valence electrons. The van der Waals surface area contributed by atoms with Crippen LogP contribution in [0.4, 0.5) is 11.4 Å². The van der Waals surface area contributed by atoms with E-state index >= 15 is 0 Å². The molecule has 0 heterocycles. The second-order valence-corrected chi connectivity index (χ2v) is 3.46. The Morgan fingerprint density at radius 1 is 1.56 bits per heavy atom. The molecule has 0 saturated carbocycles. The van der Waals surface area contributed by atoms with Crippen molar-refractivity contribution >= 4 is 17.3 Å². The van der Waals surface area contributed by atoms with Crippen molar-refractivity contribution in [2.45, 2.75) is 13.3 Å². The van der Waals surface area contributed by atoms with E-state index in [2.05, 4.69) is 11.4 Å². The smallest absolute Gasteiger partial charge is 0.223 e. The van der Waals surface area contributed by atoms with E-state index in [-0.39, 0.29) is 5.91 Å². The number of benzene rings is 1. The van der Waals surface area contributed by atoms with Crippen LogP contribution in [-0.2, 0) is 4.79 Å². The predicted molar refractivity (Wildman–Crippen MR) is 64.2 cm³/mol. The Labute approximate surface area is 95.5 Å². The van der Waals surface area contributed by atoms with Crippen molar-refractivity contribution in [1.82, 2.24) is 0 Å². The molecule has 0 aliphatic heterocycles. The van der Waals surface area contributed by atoms with Gasteiger partial charge < -0.3 is 10.2 Å². The summed E-state index contributed by atoms with van der Waals surface area (Å²) in [5.74, 6) is -0.00539. The average molecular weight is 217 g/mol. The lowest BCUT2D eigenvalue weighted by Gasteiger charge is -2.16. The third-order valence-electron chi connectivity index (χ3n) is 2.27. The predicted octanol–water partition coefficient (Wildman–Crippen LogP) is 1.99. The van der Waals surface area contributed by atoms with Crippen LogP contribution in [0.1, 0.15) is 13.3 Å². The molecule has 16 heavy (non-hydrogen) atoms. The third-order valence-corrected chi connectivity index (χ3v) is 2.27. The minimum atomic E-state index is -0.00539. The normalized spacial score (nSPS) is 9.31. The highest BCUT2D eigenvalue weighted by atomic mass is 16.2. The van der Waals surface area contributed by atoms with Crippen molar-refractivity contribution in [3.63, 3.8) is 0 Å². The van der Waals surface area contributed by atoms with Gasteiger partial charge in [-0.1, -0.05) is 6.07 Å². The van der Waals surface area contributed by atoms with Gasteiger partial charge in [-0.25, -0.2) is 0 Å². The van der Waals surface area contributed by atoms with E-state index in [1.165, 1.54) is 6.92 Å². The van der Waals surface area contributed by atoms with Gasteiger partial charge in [-0.05, 0) is 18.2 Å². The molecule has 0 aliphatic rings. The average Bonchev–Trinajstić information content (AvgIpc) is 2.29. The number of nitriles is 1. The van der Waals surface area contributed by atoms with E-state index in [0.29, 0.717) is 13.0 Å². The first-order chi connectivity index (χ1) is 7.65. The first kappa shape index (κ1) is 12.1. The monoisotopic (exact) mass is 217 g/mol. The molecule has 1 aromatic rings. The number of rotatable bonds is 4.